The molecule has 1 aliphatic rings. The molecule has 0 saturated heterocycles. The average molecular weight is 206 g/mol. The van der Waals surface area contributed by atoms with Gasteiger partial charge in [-0.1, -0.05) is 24.8 Å². The van der Waals surface area contributed by atoms with E-state index < -0.39 is 0 Å². The summed E-state index contributed by atoms with van der Waals surface area (Å²) in [5.74, 6) is 0.0754. The maximum atomic E-state index is 11.1. The van der Waals surface area contributed by atoms with Crippen LogP contribution in [0.1, 0.15) is 26.7 Å². The van der Waals surface area contributed by atoms with Crippen molar-refractivity contribution in [3.8, 4) is 0 Å². The molecule has 2 unspecified atom stereocenters. The minimum Gasteiger partial charge on any atom is -0.455 e. The smallest absolute Gasteiger partial charge is 0.330 e. The molecule has 15 heavy (non-hydrogen) atoms. The normalized spacial score (nSPS) is 25.3. The maximum Gasteiger partial charge on any atom is 0.330 e. The van der Waals surface area contributed by atoms with E-state index in [1.807, 2.05) is 13.8 Å². The van der Waals surface area contributed by atoms with Crippen LogP contribution >= 0.6 is 0 Å². The zero-order chi connectivity index (χ0) is 11.4. The molecule has 0 amide bonds. The molecule has 0 spiro atoms. The van der Waals surface area contributed by atoms with Gasteiger partial charge in [-0.3, -0.25) is 0 Å². The Morgan fingerprint density at radius 2 is 2.33 bits per heavy atom. The molecule has 1 rings (SSSR count). The molecule has 0 radical (unpaired) electrons. The van der Waals surface area contributed by atoms with Crippen LogP contribution in [0.5, 0.6) is 0 Å². The van der Waals surface area contributed by atoms with Crippen molar-refractivity contribution in [3.05, 3.63) is 36.5 Å². The molecular weight excluding hydrogens is 188 g/mol. The predicted octanol–water partition coefficient (Wildman–Crippen LogP) is 3.02. The van der Waals surface area contributed by atoms with E-state index in [0.717, 1.165) is 24.0 Å². The number of esters is 1. The fourth-order valence-electron chi connectivity index (χ4n) is 1.73. The lowest BCUT2D eigenvalue weighted by Crippen LogP contribution is -2.25. The van der Waals surface area contributed by atoms with Crippen LogP contribution in [0.25, 0.3) is 0 Å². The van der Waals surface area contributed by atoms with Gasteiger partial charge in [-0.2, -0.15) is 0 Å². The van der Waals surface area contributed by atoms with E-state index >= 15 is 0 Å². The SMILES string of the molecule is C=CC(=O)OC1CC(C(=C)C)CC=C1C. The summed E-state index contributed by atoms with van der Waals surface area (Å²) in [6.45, 7) is 11.4. The number of ether oxygens (including phenoxy) is 1. The lowest BCUT2D eigenvalue weighted by atomic mass is 9.84. The minimum absolute atomic E-state index is 0.106. The first-order valence-corrected chi connectivity index (χ1v) is 5.19. The third kappa shape index (κ3) is 3.08. The molecule has 82 valence electrons. The van der Waals surface area contributed by atoms with E-state index in [1.165, 1.54) is 6.08 Å². The molecule has 0 aromatic rings. The molecule has 0 heterocycles. The van der Waals surface area contributed by atoms with Gasteiger partial charge in [-0.15, -0.1) is 0 Å². The number of allylic oxidation sites excluding steroid dienone is 2. The van der Waals surface area contributed by atoms with Gasteiger partial charge in [0.2, 0.25) is 0 Å². The van der Waals surface area contributed by atoms with E-state index in [-0.39, 0.29) is 12.1 Å². The lowest BCUT2D eigenvalue weighted by Gasteiger charge is -2.28. The molecule has 0 fully saturated rings. The summed E-state index contributed by atoms with van der Waals surface area (Å²) in [7, 11) is 0. The predicted molar refractivity (Wildman–Crippen MR) is 61.4 cm³/mol. The molecule has 1 aliphatic carbocycles. The molecule has 0 aromatic carbocycles. The Morgan fingerprint density at radius 3 is 2.87 bits per heavy atom. The van der Waals surface area contributed by atoms with E-state index in [1.54, 1.807) is 0 Å². The second-order valence-electron chi connectivity index (χ2n) is 4.09. The van der Waals surface area contributed by atoms with E-state index in [4.69, 9.17) is 4.74 Å². The summed E-state index contributed by atoms with van der Waals surface area (Å²) < 4.78 is 5.27. The van der Waals surface area contributed by atoms with Crippen molar-refractivity contribution < 1.29 is 9.53 Å². The second-order valence-corrected chi connectivity index (χ2v) is 4.09. The summed E-state index contributed by atoms with van der Waals surface area (Å²) in [6, 6.07) is 0. The van der Waals surface area contributed by atoms with Crippen molar-refractivity contribution in [2.45, 2.75) is 32.8 Å². The Bertz CT molecular complexity index is 312. The number of carbonyl (C=O) groups excluding carboxylic acids is 1. The van der Waals surface area contributed by atoms with Gasteiger partial charge in [0.25, 0.3) is 0 Å². The molecule has 0 N–H and O–H groups in total. The zero-order valence-electron chi connectivity index (χ0n) is 9.45. The van der Waals surface area contributed by atoms with Gasteiger partial charge in [0.05, 0.1) is 0 Å². The fourth-order valence-corrected chi connectivity index (χ4v) is 1.73. The third-order valence-corrected chi connectivity index (χ3v) is 2.85. The number of carbonyl (C=O) groups is 1. The topological polar surface area (TPSA) is 26.3 Å². The van der Waals surface area contributed by atoms with E-state index in [0.29, 0.717) is 5.92 Å². The Morgan fingerprint density at radius 1 is 1.67 bits per heavy atom. The van der Waals surface area contributed by atoms with Crippen LogP contribution in [0.2, 0.25) is 0 Å². The Labute approximate surface area is 91.3 Å². The highest BCUT2D eigenvalue weighted by atomic mass is 16.5. The van der Waals surface area contributed by atoms with E-state index in [2.05, 4.69) is 19.2 Å². The van der Waals surface area contributed by atoms with Crippen molar-refractivity contribution in [1.29, 1.82) is 0 Å². The molecule has 0 bridgehead atoms. The first kappa shape index (κ1) is 11.8. The molecule has 0 aromatic heterocycles. The maximum absolute atomic E-state index is 11.1. The molecule has 0 aliphatic heterocycles. The van der Waals surface area contributed by atoms with Crippen LogP contribution in [-0.4, -0.2) is 12.1 Å². The minimum atomic E-state index is -0.352. The first-order valence-electron chi connectivity index (χ1n) is 5.19. The van der Waals surface area contributed by atoms with Crippen LogP contribution in [-0.2, 0) is 9.53 Å². The molecule has 0 saturated carbocycles. The van der Waals surface area contributed by atoms with Gasteiger partial charge in [0, 0.05) is 6.08 Å². The molecular formula is C13H18O2. The van der Waals surface area contributed by atoms with Crippen LogP contribution in [0.4, 0.5) is 0 Å². The monoisotopic (exact) mass is 206 g/mol. The highest BCUT2D eigenvalue weighted by Gasteiger charge is 2.24. The summed E-state index contributed by atoms with van der Waals surface area (Å²) in [6.07, 6.45) is 5.08. The van der Waals surface area contributed by atoms with Gasteiger partial charge in [0.15, 0.2) is 0 Å². The molecule has 2 atom stereocenters. The first-order chi connectivity index (χ1) is 7.04. The van der Waals surface area contributed by atoms with Crippen molar-refractivity contribution in [3.63, 3.8) is 0 Å². The quantitative estimate of drug-likeness (QED) is 0.403. The average Bonchev–Trinajstić information content (AvgIpc) is 2.20. The number of hydrogen-bond acceptors (Lipinski definition) is 2. The Hall–Kier alpha value is -1.31. The van der Waals surface area contributed by atoms with Gasteiger partial charge in [-0.05, 0) is 38.2 Å². The molecule has 2 nitrogen and oxygen atoms in total. The van der Waals surface area contributed by atoms with Crippen molar-refractivity contribution in [2.24, 2.45) is 5.92 Å². The van der Waals surface area contributed by atoms with Gasteiger partial charge < -0.3 is 4.74 Å². The highest BCUT2D eigenvalue weighted by Crippen LogP contribution is 2.30. The summed E-state index contributed by atoms with van der Waals surface area (Å²) in [5.41, 5.74) is 2.28. The van der Waals surface area contributed by atoms with Gasteiger partial charge >= 0.3 is 5.97 Å². The largest absolute Gasteiger partial charge is 0.455 e. The lowest BCUT2D eigenvalue weighted by molar-refractivity contribution is -0.142. The van der Waals surface area contributed by atoms with Crippen molar-refractivity contribution >= 4 is 5.97 Å². The number of rotatable bonds is 3. The fraction of sp³-hybridized carbons (Fsp3) is 0.462. The Kier molecular flexibility index (Phi) is 3.89. The summed E-state index contributed by atoms with van der Waals surface area (Å²) in [5, 5.41) is 0. The van der Waals surface area contributed by atoms with Crippen molar-refractivity contribution in [1.82, 2.24) is 0 Å². The number of hydrogen-bond donors (Lipinski definition) is 0. The zero-order valence-corrected chi connectivity index (χ0v) is 9.45. The van der Waals surface area contributed by atoms with Gasteiger partial charge in [0.1, 0.15) is 6.10 Å². The molecule has 2 heteroatoms. The Balaban J connectivity index is 2.67. The van der Waals surface area contributed by atoms with Crippen LogP contribution < -0.4 is 0 Å². The standard InChI is InChI=1S/C13H18O2/c1-5-13(14)15-12-8-11(9(2)3)7-6-10(12)4/h5-6,11-12H,1-2,7-8H2,3-4H3. The summed E-state index contributed by atoms with van der Waals surface area (Å²) in [4.78, 5) is 11.1. The van der Waals surface area contributed by atoms with Crippen LogP contribution in [0.15, 0.2) is 36.5 Å². The summed E-state index contributed by atoms with van der Waals surface area (Å²) >= 11 is 0. The van der Waals surface area contributed by atoms with E-state index in [9.17, 15) is 4.79 Å². The third-order valence-electron chi connectivity index (χ3n) is 2.85. The second kappa shape index (κ2) is 4.96. The van der Waals surface area contributed by atoms with Crippen LogP contribution in [0.3, 0.4) is 0 Å². The van der Waals surface area contributed by atoms with Crippen LogP contribution in [0, 0.1) is 5.92 Å². The highest BCUT2D eigenvalue weighted by molar-refractivity contribution is 5.81. The van der Waals surface area contributed by atoms with Crippen molar-refractivity contribution in [2.75, 3.05) is 0 Å². The van der Waals surface area contributed by atoms with Gasteiger partial charge in [-0.25, -0.2) is 4.79 Å².